The average molecular weight is 606 g/mol. The van der Waals surface area contributed by atoms with Gasteiger partial charge in [0.2, 0.25) is 0 Å². The molecule has 1 aromatic carbocycles. The summed E-state index contributed by atoms with van der Waals surface area (Å²) in [6.07, 6.45) is -1.000. The van der Waals surface area contributed by atoms with Crippen LogP contribution in [-0.4, -0.2) is 54.4 Å². The zero-order valence-electron chi connectivity index (χ0n) is 23.8. The van der Waals surface area contributed by atoms with Gasteiger partial charge in [0.25, 0.3) is 5.91 Å². The van der Waals surface area contributed by atoms with Crippen molar-refractivity contribution in [2.45, 2.75) is 84.0 Å². The predicted octanol–water partition coefficient (Wildman–Crippen LogP) is 6.76. The maximum atomic E-state index is 14.6. The van der Waals surface area contributed by atoms with Crippen LogP contribution in [0.2, 0.25) is 5.02 Å². The number of nitrogens with zero attached hydrogens (tertiary/aromatic N) is 4. The summed E-state index contributed by atoms with van der Waals surface area (Å²) in [5.74, 6) is -0.759. The van der Waals surface area contributed by atoms with Gasteiger partial charge in [0.05, 0.1) is 39.5 Å². The van der Waals surface area contributed by atoms with Gasteiger partial charge in [-0.05, 0) is 74.8 Å². The lowest BCUT2D eigenvalue weighted by molar-refractivity contribution is -0.152. The molecular weight excluding hydrogens is 571 g/mol. The maximum Gasteiger partial charge on any atom is 0.433 e. The fourth-order valence-electron chi connectivity index (χ4n) is 7.61. The van der Waals surface area contributed by atoms with E-state index in [0.717, 1.165) is 34.6 Å². The Morgan fingerprint density at radius 2 is 1.83 bits per heavy atom. The van der Waals surface area contributed by atoms with E-state index in [0.29, 0.717) is 29.0 Å². The number of rotatable bonds is 7. The zero-order valence-corrected chi connectivity index (χ0v) is 24.6. The number of carbonyl (C=O) groups is 2. The van der Waals surface area contributed by atoms with Crippen LogP contribution >= 0.6 is 11.6 Å². The topological polar surface area (TPSA) is 104 Å². The Kier molecular flexibility index (Phi) is 6.90. The van der Waals surface area contributed by atoms with Crippen molar-refractivity contribution in [3.05, 3.63) is 46.4 Å². The number of halogens is 4. The number of benzene rings is 1. The summed E-state index contributed by atoms with van der Waals surface area (Å²) in [6, 6.07) is 4.59. The fourth-order valence-corrected chi connectivity index (χ4v) is 7.90. The molecule has 0 spiro atoms. The van der Waals surface area contributed by atoms with E-state index in [2.05, 4.69) is 29.1 Å². The van der Waals surface area contributed by atoms with Gasteiger partial charge in [0.15, 0.2) is 5.69 Å². The van der Waals surface area contributed by atoms with Gasteiger partial charge in [-0.25, -0.2) is 0 Å². The first-order valence-electron chi connectivity index (χ1n) is 14.5. The Morgan fingerprint density at radius 1 is 1.17 bits per heavy atom. The number of alkyl halides is 3. The quantitative estimate of drug-likeness (QED) is 0.310. The number of nitrogens with one attached hydrogen (secondary N) is 1. The molecular formula is C30H35ClF3N5O3. The molecule has 3 aliphatic rings. The second-order valence-electron chi connectivity index (χ2n) is 13.2. The Morgan fingerprint density at radius 3 is 2.45 bits per heavy atom. The SMILES string of the molecule is CC1(C(=O)O)CCC(n2ncc(C(=O)N(CCc3n[nH]c4cccc(Cl)c34)[C@H]3C[C@@H]4[C@H](C3)C4(C)C)c2C(F)(F)F)CC1. The molecule has 2 aromatic heterocycles. The van der Waals surface area contributed by atoms with Gasteiger partial charge in [-0.15, -0.1) is 0 Å². The molecule has 0 bridgehead atoms. The summed E-state index contributed by atoms with van der Waals surface area (Å²) in [6.45, 7) is 6.22. The summed E-state index contributed by atoms with van der Waals surface area (Å²) < 4.78 is 44.8. The van der Waals surface area contributed by atoms with Crippen molar-refractivity contribution in [2.75, 3.05) is 6.54 Å². The number of carboxylic acids is 1. The Labute approximate surface area is 246 Å². The first-order valence-corrected chi connectivity index (χ1v) is 14.9. The third kappa shape index (κ3) is 4.77. The molecule has 3 fully saturated rings. The van der Waals surface area contributed by atoms with E-state index in [9.17, 15) is 27.9 Å². The van der Waals surface area contributed by atoms with Crippen LogP contribution in [0.3, 0.4) is 0 Å². The number of H-pyrrole nitrogens is 1. The van der Waals surface area contributed by atoms with E-state index in [-0.39, 0.29) is 43.7 Å². The monoisotopic (exact) mass is 605 g/mol. The van der Waals surface area contributed by atoms with E-state index in [1.165, 1.54) is 0 Å². The first-order chi connectivity index (χ1) is 19.7. The number of carboxylic acid groups (broad SMARTS) is 1. The molecule has 226 valence electrons. The van der Waals surface area contributed by atoms with Gasteiger partial charge in [0.1, 0.15) is 0 Å². The molecule has 0 saturated heterocycles. The molecule has 3 aromatic rings. The van der Waals surface area contributed by atoms with Gasteiger partial charge in [-0.1, -0.05) is 31.5 Å². The molecule has 8 nitrogen and oxygen atoms in total. The van der Waals surface area contributed by atoms with Crippen molar-refractivity contribution < 1.29 is 27.9 Å². The first kappa shape index (κ1) is 29.0. The Bertz CT molecular complexity index is 1520. The van der Waals surface area contributed by atoms with E-state index in [4.69, 9.17) is 11.6 Å². The maximum absolute atomic E-state index is 14.6. The smallest absolute Gasteiger partial charge is 0.433 e. The van der Waals surface area contributed by atoms with Crippen LogP contribution < -0.4 is 0 Å². The molecule has 2 N–H and O–H groups in total. The highest BCUT2D eigenvalue weighted by Gasteiger charge is 2.63. The van der Waals surface area contributed by atoms with Crippen LogP contribution in [0, 0.1) is 22.7 Å². The highest BCUT2D eigenvalue weighted by molar-refractivity contribution is 6.35. The molecule has 0 radical (unpaired) electrons. The number of aliphatic carboxylic acids is 1. The normalized spacial score (nSPS) is 28.5. The number of carbonyl (C=O) groups excluding carboxylic acids is 1. The summed E-state index contributed by atoms with van der Waals surface area (Å²) in [4.78, 5) is 27.4. The zero-order chi connectivity index (χ0) is 30.2. The molecule has 3 aliphatic carbocycles. The van der Waals surface area contributed by atoms with Crippen molar-refractivity contribution in [1.29, 1.82) is 0 Å². The number of hydrogen-bond acceptors (Lipinski definition) is 4. The van der Waals surface area contributed by atoms with E-state index in [1.54, 1.807) is 24.0 Å². The minimum atomic E-state index is -4.81. The van der Waals surface area contributed by atoms with Crippen LogP contribution in [0.25, 0.3) is 10.9 Å². The van der Waals surface area contributed by atoms with Crippen molar-refractivity contribution in [1.82, 2.24) is 24.9 Å². The molecule has 1 amide bonds. The van der Waals surface area contributed by atoms with Crippen LogP contribution in [0.4, 0.5) is 13.2 Å². The number of hydrogen-bond donors (Lipinski definition) is 2. The lowest BCUT2D eigenvalue weighted by atomic mass is 9.74. The van der Waals surface area contributed by atoms with Crippen LogP contribution in [0.1, 0.15) is 87.1 Å². The summed E-state index contributed by atoms with van der Waals surface area (Å²) in [5.41, 5.74) is -0.894. The molecule has 3 atom stereocenters. The van der Waals surface area contributed by atoms with E-state index >= 15 is 0 Å². The fraction of sp³-hybridized carbons (Fsp3) is 0.600. The van der Waals surface area contributed by atoms with Gasteiger partial charge in [0, 0.05) is 24.4 Å². The van der Waals surface area contributed by atoms with Crippen molar-refractivity contribution in [2.24, 2.45) is 22.7 Å². The number of fused-ring (bicyclic) bond motifs is 2. The third-order valence-electron chi connectivity index (χ3n) is 10.5. The minimum Gasteiger partial charge on any atom is -0.481 e. The van der Waals surface area contributed by atoms with E-state index in [1.807, 2.05) is 6.07 Å². The number of aromatic amines is 1. The molecule has 0 aliphatic heterocycles. The highest BCUT2D eigenvalue weighted by Crippen LogP contribution is 2.67. The largest absolute Gasteiger partial charge is 0.481 e. The van der Waals surface area contributed by atoms with Gasteiger partial charge < -0.3 is 10.0 Å². The molecule has 3 saturated carbocycles. The predicted molar refractivity (Wildman–Crippen MR) is 150 cm³/mol. The molecule has 2 heterocycles. The third-order valence-corrected chi connectivity index (χ3v) is 10.8. The van der Waals surface area contributed by atoms with Crippen LogP contribution in [0.5, 0.6) is 0 Å². The van der Waals surface area contributed by atoms with Crippen molar-refractivity contribution >= 4 is 34.4 Å². The second kappa shape index (κ2) is 9.99. The molecule has 6 rings (SSSR count). The standard InChI is InChI=1S/C30H35ClF3N5O3/c1-28(2)19-13-17(14-20(19)28)38(12-9-23-24-21(31)5-4-6-22(24)36-37-23)26(40)18-15-35-39(25(18)30(32,33)34)16-7-10-29(3,11-8-16)27(41)42/h4-6,15-17,19-20H,7-14H2,1-3H3,(H,36,37)(H,41,42)/t16?,17-,19+,20-,29?. The van der Waals surface area contributed by atoms with Gasteiger partial charge >= 0.3 is 12.1 Å². The van der Waals surface area contributed by atoms with Crippen molar-refractivity contribution in [3.63, 3.8) is 0 Å². The highest BCUT2D eigenvalue weighted by atomic mass is 35.5. The number of amides is 1. The lowest BCUT2D eigenvalue weighted by Crippen LogP contribution is -2.42. The Hall–Kier alpha value is -3.08. The molecule has 12 heteroatoms. The minimum absolute atomic E-state index is 0.184. The van der Waals surface area contributed by atoms with Crippen LogP contribution in [-0.2, 0) is 17.4 Å². The summed E-state index contributed by atoms with van der Waals surface area (Å²) in [7, 11) is 0. The Balaban J connectivity index is 1.30. The average Bonchev–Trinajstić information content (AvgIpc) is 3.48. The van der Waals surface area contributed by atoms with E-state index < -0.39 is 40.8 Å². The summed E-state index contributed by atoms with van der Waals surface area (Å²) >= 11 is 6.43. The number of aromatic nitrogens is 4. The molecule has 42 heavy (non-hydrogen) atoms. The van der Waals surface area contributed by atoms with Gasteiger partial charge in [-0.3, -0.25) is 19.4 Å². The van der Waals surface area contributed by atoms with Crippen LogP contribution in [0.15, 0.2) is 24.4 Å². The second-order valence-corrected chi connectivity index (χ2v) is 13.6. The van der Waals surface area contributed by atoms with Crippen molar-refractivity contribution in [3.8, 4) is 0 Å². The van der Waals surface area contributed by atoms with Gasteiger partial charge in [-0.2, -0.15) is 23.4 Å². The lowest BCUT2D eigenvalue weighted by Gasteiger charge is -2.35. The summed E-state index contributed by atoms with van der Waals surface area (Å²) in [5, 5.41) is 22.3. The molecule has 0 unspecified atom stereocenters.